The van der Waals surface area contributed by atoms with Crippen LogP contribution in [-0.4, -0.2) is 29.6 Å². The van der Waals surface area contributed by atoms with E-state index in [0.29, 0.717) is 10.6 Å². The van der Waals surface area contributed by atoms with Crippen LogP contribution < -0.4 is 5.32 Å². The van der Waals surface area contributed by atoms with Gasteiger partial charge in [0.2, 0.25) is 5.91 Å². The zero-order chi connectivity index (χ0) is 17.3. The number of carbonyl (C=O) groups excluding carboxylic acids is 2. The minimum Gasteiger partial charge on any atom is -0.481 e. The molecule has 0 spiro atoms. The van der Waals surface area contributed by atoms with Crippen LogP contribution in [0, 0.1) is 23.7 Å². The second-order valence-corrected chi connectivity index (χ2v) is 6.97. The van der Waals surface area contributed by atoms with Crippen molar-refractivity contribution in [3.8, 4) is 0 Å². The lowest BCUT2D eigenvalue weighted by Gasteiger charge is -2.41. The normalized spacial score (nSPS) is 27.7. The Morgan fingerprint density at radius 2 is 1.92 bits per heavy atom. The molecule has 2 N–H and O–H groups in total. The van der Waals surface area contributed by atoms with E-state index in [1.807, 2.05) is 12.2 Å². The molecular formula is C17H19NO5S. The van der Waals surface area contributed by atoms with Crippen LogP contribution in [0.1, 0.15) is 30.1 Å². The van der Waals surface area contributed by atoms with Gasteiger partial charge in [-0.3, -0.25) is 9.59 Å². The molecule has 0 unspecified atom stereocenters. The lowest BCUT2D eigenvalue weighted by Crippen LogP contribution is -2.47. The molecule has 7 heteroatoms. The molecule has 24 heavy (non-hydrogen) atoms. The van der Waals surface area contributed by atoms with E-state index < -0.39 is 23.8 Å². The van der Waals surface area contributed by atoms with Gasteiger partial charge in [-0.1, -0.05) is 12.2 Å². The van der Waals surface area contributed by atoms with Crippen LogP contribution in [0.3, 0.4) is 0 Å². The molecule has 3 aliphatic carbocycles. The first-order chi connectivity index (χ1) is 11.5. The second-order valence-electron chi connectivity index (χ2n) is 6.05. The number of nitrogens with one attached hydrogen (secondary N) is 1. The number of carboxylic acid groups (broad SMARTS) is 1. The van der Waals surface area contributed by atoms with E-state index in [9.17, 15) is 19.5 Å². The Morgan fingerprint density at radius 1 is 1.25 bits per heavy atom. The van der Waals surface area contributed by atoms with Crippen molar-refractivity contribution in [1.82, 2.24) is 0 Å². The number of hydrogen-bond donors (Lipinski definition) is 2. The maximum absolute atomic E-state index is 12.7. The van der Waals surface area contributed by atoms with Crippen LogP contribution in [0.15, 0.2) is 23.6 Å². The summed E-state index contributed by atoms with van der Waals surface area (Å²) in [7, 11) is 0. The first-order valence-corrected chi connectivity index (χ1v) is 8.87. The molecular weight excluding hydrogens is 330 g/mol. The van der Waals surface area contributed by atoms with Crippen molar-refractivity contribution in [3.05, 3.63) is 29.2 Å². The third-order valence-corrected chi connectivity index (χ3v) is 5.56. The van der Waals surface area contributed by atoms with E-state index >= 15 is 0 Å². The molecule has 2 bridgehead atoms. The van der Waals surface area contributed by atoms with E-state index in [1.165, 1.54) is 11.3 Å². The number of esters is 1. The molecule has 0 aromatic carbocycles. The quantitative estimate of drug-likeness (QED) is 0.630. The monoisotopic (exact) mass is 349 g/mol. The number of thiophene rings is 1. The highest BCUT2D eigenvalue weighted by atomic mass is 32.1. The molecule has 0 saturated heterocycles. The molecule has 4 rings (SSSR count). The van der Waals surface area contributed by atoms with E-state index in [4.69, 9.17) is 4.74 Å². The average molecular weight is 349 g/mol. The molecule has 3 aliphatic rings. The van der Waals surface area contributed by atoms with Gasteiger partial charge in [0.15, 0.2) is 0 Å². The summed E-state index contributed by atoms with van der Waals surface area (Å²) < 4.78 is 4.97. The van der Waals surface area contributed by atoms with E-state index in [1.54, 1.807) is 18.4 Å². The van der Waals surface area contributed by atoms with Crippen molar-refractivity contribution in [2.45, 2.75) is 19.8 Å². The predicted octanol–water partition coefficient (Wildman–Crippen LogP) is 2.78. The fraction of sp³-hybridized carbons (Fsp3) is 0.471. The highest BCUT2D eigenvalue weighted by molar-refractivity contribution is 7.14. The van der Waals surface area contributed by atoms with Crippen LogP contribution in [0.2, 0.25) is 0 Å². The Hall–Kier alpha value is -2.15. The molecule has 1 amide bonds. The third kappa shape index (κ3) is 2.96. The zero-order valence-corrected chi connectivity index (χ0v) is 14.0. The molecule has 128 valence electrons. The second kappa shape index (κ2) is 6.76. The Labute approximate surface area is 143 Å². The van der Waals surface area contributed by atoms with Gasteiger partial charge >= 0.3 is 11.9 Å². The standard InChI is InChI=1S/C17H19NO5S/c1-2-23-17(22)11-7-8-24-15(11)18-14(19)12-9-3-5-10(6-4-9)13(12)16(20)21/h3,5,7-10,12-13H,2,4,6H2,1H3,(H,18,19)(H,20,21)/t9-,10-,12+,13+/m0/s1. The summed E-state index contributed by atoms with van der Waals surface area (Å²) in [5, 5.41) is 14.4. The highest BCUT2D eigenvalue weighted by Crippen LogP contribution is 2.45. The first kappa shape index (κ1) is 16.7. The van der Waals surface area contributed by atoms with Gasteiger partial charge in [0, 0.05) is 0 Å². The summed E-state index contributed by atoms with van der Waals surface area (Å²) in [6.07, 6.45) is 5.50. The Kier molecular flexibility index (Phi) is 4.71. The fourth-order valence-electron chi connectivity index (χ4n) is 3.66. The summed E-state index contributed by atoms with van der Waals surface area (Å²) >= 11 is 1.23. The zero-order valence-electron chi connectivity index (χ0n) is 13.2. The number of ether oxygens (including phenoxy) is 1. The minimum absolute atomic E-state index is 0.0675. The number of aliphatic carboxylic acids is 1. The molecule has 0 radical (unpaired) electrons. The SMILES string of the molecule is CCOC(=O)c1ccsc1NC(=O)[C@H]1[C@H](C(=O)O)[C@H]2C=C[C@H]1CC2. The highest BCUT2D eigenvalue weighted by Gasteiger charge is 2.48. The number of allylic oxidation sites excluding steroid dienone is 2. The summed E-state index contributed by atoms with van der Waals surface area (Å²) in [5.74, 6) is -3.25. The van der Waals surface area contributed by atoms with E-state index in [0.717, 1.165) is 12.8 Å². The van der Waals surface area contributed by atoms with Crippen molar-refractivity contribution in [2.24, 2.45) is 23.7 Å². The smallest absolute Gasteiger partial charge is 0.341 e. The van der Waals surface area contributed by atoms with Crippen molar-refractivity contribution in [2.75, 3.05) is 11.9 Å². The summed E-state index contributed by atoms with van der Waals surface area (Å²) in [5.41, 5.74) is 0.304. The number of rotatable bonds is 5. The number of anilines is 1. The van der Waals surface area contributed by atoms with Gasteiger partial charge in [0.05, 0.1) is 24.0 Å². The van der Waals surface area contributed by atoms with E-state index in [-0.39, 0.29) is 24.3 Å². The summed E-state index contributed by atoms with van der Waals surface area (Å²) in [6.45, 7) is 1.96. The molecule has 0 aliphatic heterocycles. The Bertz CT molecular complexity index is 695. The lowest BCUT2D eigenvalue weighted by molar-refractivity contribution is -0.151. The number of carbonyl (C=O) groups is 3. The summed E-state index contributed by atoms with van der Waals surface area (Å²) in [4.78, 5) is 36.3. The van der Waals surface area contributed by atoms with Gasteiger partial charge in [0.25, 0.3) is 0 Å². The van der Waals surface area contributed by atoms with Gasteiger partial charge in [-0.05, 0) is 43.0 Å². The molecule has 1 saturated carbocycles. The number of fused-ring (bicyclic) bond motifs is 2. The van der Waals surface area contributed by atoms with Gasteiger partial charge in [0.1, 0.15) is 5.00 Å². The molecule has 1 aromatic rings. The molecule has 1 heterocycles. The molecule has 1 aromatic heterocycles. The minimum atomic E-state index is -0.939. The maximum Gasteiger partial charge on any atom is 0.341 e. The van der Waals surface area contributed by atoms with Crippen molar-refractivity contribution >= 4 is 34.2 Å². The topological polar surface area (TPSA) is 92.7 Å². The molecule has 1 fully saturated rings. The lowest BCUT2D eigenvalue weighted by atomic mass is 9.62. The largest absolute Gasteiger partial charge is 0.481 e. The third-order valence-electron chi connectivity index (χ3n) is 4.73. The van der Waals surface area contributed by atoms with Crippen LogP contribution >= 0.6 is 11.3 Å². The number of carboxylic acids is 1. The average Bonchev–Trinajstić information content (AvgIpc) is 3.03. The Balaban J connectivity index is 1.80. The van der Waals surface area contributed by atoms with Crippen LogP contribution in [0.5, 0.6) is 0 Å². The van der Waals surface area contributed by atoms with E-state index in [2.05, 4.69) is 5.32 Å². The van der Waals surface area contributed by atoms with Crippen LogP contribution in [0.25, 0.3) is 0 Å². The van der Waals surface area contributed by atoms with Crippen molar-refractivity contribution in [3.63, 3.8) is 0 Å². The fourth-order valence-corrected chi connectivity index (χ4v) is 4.44. The first-order valence-electron chi connectivity index (χ1n) is 7.99. The van der Waals surface area contributed by atoms with Gasteiger partial charge in [-0.2, -0.15) is 0 Å². The van der Waals surface area contributed by atoms with Crippen molar-refractivity contribution < 1.29 is 24.2 Å². The van der Waals surface area contributed by atoms with Gasteiger partial charge < -0.3 is 15.2 Å². The van der Waals surface area contributed by atoms with Crippen LogP contribution in [0.4, 0.5) is 5.00 Å². The summed E-state index contributed by atoms with van der Waals surface area (Å²) in [6, 6.07) is 1.60. The number of hydrogen-bond acceptors (Lipinski definition) is 5. The Morgan fingerprint density at radius 3 is 2.50 bits per heavy atom. The maximum atomic E-state index is 12.7. The van der Waals surface area contributed by atoms with Crippen LogP contribution in [-0.2, 0) is 14.3 Å². The van der Waals surface area contributed by atoms with Gasteiger partial charge in [-0.25, -0.2) is 4.79 Å². The van der Waals surface area contributed by atoms with Gasteiger partial charge in [-0.15, -0.1) is 11.3 Å². The molecule has 4 atom stereocenters. The number of amides is 1. The molecule has 6 nitrogen and oxygen atoms in total. The van der Waals surface area contributed by atoms with Crippen molar-refractivity contribution in [1.29, 1.82) is 0 Å². The predicted molar refractivity (Wildman–Crippen MR) is 88.9 cm³/mol.